The van der Waals surface area contributed by atoms with Crippen molar-refractivity contribution >= 4 is 17.2 Å². The summed E-state index contributed by atoms with van der Waals surface area (Å²) in [5, 5.41) is 0.930. The second-order valence-corrected chi connectivity index (χ2v) is 6.75. The Kier molecular flexibility index (Phi) is 4.20. The molecule has 0 fully saturated rings. The van der Waals surface area contributed by atoms with Crippen LogP contribution in [0.5, 0.6) is 0 Å². The molecule has 20 heavy (non-hydrogen) atoms. The van der Waals surface area contributed by atoms with Crippen LogP contribution in [-0.2, 0) is 11.8 Å². The third-order valence-corrected chi connectivity index (χ3v) is 3.97. The Morgan fingerprint density at radius 3 is 2.50 bits per heavy atom. The maximum Gasteiger partial charge on any atom is 0.277 e. The third-order valence-electron chi connectivity index (χ3n) is 2.92. The van der Waals surface area contributed by atoms with Crippen molar-refractivity contribution in [1.29, 1.82) is 0 Å². The Hall–Kier alpha value is -1.72. The van der Waals surface area contributed by atoms with Gasteiger partial charge in [0.05, 0.1) is 10.7 Å². The van der Waals surface area contributed by atoms with E-state index in [-0.39, 0.29) is 11.3 Å². The summed E-state index contributed by atoms with van der Waals surface area (Å²) >= 11 is 1.41. The summed E-state index contributed by atoms with van der Waals surface area (Å²) in [7, 11) is 0. The fourth-order valence-electron chi connectivity index (χ4n) is 1.94. The first-order chi connectivity index (χ1) is 9.41. The largest absolute Gasteiger partial charge is 0.289 e. The molecule has 1 amide bonds. The quantitative estimate of drug-likeness (QED) is 0.518. The van der Waals surface area contributed by atoms with Gasteiger partial charge in [-0.3, -0.25) is 10.2 Å². The summed E-state index contributed by atoms with van der Waals surface area (Å²) in [4.78, 5) is 17.1. The fourth-order valence-corrected chi connectivity index (χ4v) is 3.15. The number of amides is 1. The zero-order chi connectivity index (χ0) is 14.8. The molecular formula is C15H19N3OS. The van der Waals surface area contributed by atoms with E-state index in [2.05, 4.69) is 22.5 Å². The summed E-state index contributed by atoms with van der Waals surface area (Å²) in [6.45, 7) is 6.13. The molecule has 0 radical (unpaired) electrons. The molecule has 0 aliphatic carbocycles. The molecule has 0 aliphatic heterocycles. The number of hydrogen-bond donors (Lipinski definition) is 2. The van der Waals surface area contributed by atoms with Crippen molar-refractivity contribution in [2.75, 3.05) is 0 Å². The predicted molar refractivity (Wildman–Crippen MR) is 81.7 cm³/mol. The summed E-state index contributed by atoms with van der Waals surface area (Å²) in [6.07, 6.45) is 0.729. The second-order valence-electron chi connectivity index (χ2n) is 5.67. The summed E-state index contributed by atoms with van der Waals surface area (Å²) in [5.74, 6) is 4.99. The Labute approximate surface area is 123 Å². The van der Waals surface area contributed by atoms with Gasteiger partial charge in [-0.25, -0.2) is 10.8 Å². The molecule has 1 aromatic carbocycles. The SMILES string of the molecule is CC(C)(C)c1nc(Cc2ccccc2)sc1C(=O)NN. The van der Waals surface area contributed by atoms with Crippen molar-refractivity contribution < 1.29 is 4.79 Å². The number of nitrogens with two attached hydrogens (primary N) is 1. The molecule has 2 rings (SSSR count). The van der Waals surface area contributed by atoms with Crippen molar-refractivity contribution in [3.63, 3.8) is 0 Å². The van der Waals surface area contributed by atoms with E-state index in [1.165, 1.54) is 16.9 Å². The van der Waals surface area contributed by atoms with Gasteiger partial charge in [0.25, 0.3) is 5.91 Å². The van der Waals surface area contributed by atoms with E-state index in [1.54, 1.807) is 0 Å². The van der Waals surface area contributed by atoms with Gasteiger partial charge in [0, 0.05) is 11.8 Å². The van der Waals surface area contributed by atoms with Crippen molar-refractivity contribution in [1.82, 2.24) is 10.4 Å². The molecule has 1 heterocycles. The van der Waals surface area contributed by atoms with E-state index < -0.39 is 0 Å². The minimum Gasteiger partial charge on any atom is -0.289 e. The van der Waals surface area contributed by atoms with Gasteiger partial charge in [0.2, 0.25) is 0 Å². The number of hydrogen-bond acceptors (Lipinski definition) is 4. The Morgan fingerprint density at radius 1 is 1.30 bits per heavy atom. The molecule has 0 atom stereocenters. The highest BCUT2D eigenvalue weighted by molar-refractivity contribution is 7.13. The number of carbonyl (C=O) groups is 1. The van der Waals surface area contributed by atoms with Crippen LogP contribution in [0.3, 0.4) is 0 Å². The lowest BCUT2D eigenvalue weighted by molar-refractivity contribution is 0.0955. The number of nitrogen functional groups attached to an aromatic ring is 1. The van der Waals surface area contributed by atoms with Crippen molar-refractivity contribution in [2.24, 2.45) is 5.84 Å². The highest BCUT2D eigenvalue weighted by atomic mass is 32.1. The smallest absolute Gasteiger partial charge is 0.277 e. The topological polar surface area (TPSA) is 68.0 Å². The second kappa shape index (κ2) is 5.73. The first-order valence-corrected chi connectivity index (χ1v) is 7.28. The number of aromatic nitrogens is 1. The Bertz CT molecular complexity index is 599. The zero-order valence-electron chi connectivity index (χ0n) is 11.9. The molecule has 1 aromatic heterocycles. The van der Waals surface area contributed by atoms with Gasteiger partial charge in [-0.05, 0) is 5.56 Å². The lowest BCUT2D eigenvalue weighted by Crippen LogP contribution is -2.31. The van der Waals surface area contributed by atoms with Crippen LogP contribution in [0.25, 0.3) is 0 Å². The van der Waals surface area contributed by atoms with Gasteiger partial charge in [-0.15, -0.1) is 11.3 Å². The number of hydrazine groups is 1. The fraction of sp³-hybridized carbons (Fsp3) is 0.333. The lowest BCUT2D eigenvalue weighted by Gasteiger charge is -2.16. The predicted octanol–water partition coefficient (Wildman–Crippen LogP) is 2.63. The lowest BCUT2D eigenvalue weighted by atomic mass is 9.91. The minimum absolute atomic E-state index is 0.187. The minimum atomic E-state index is -0.272. The average molecular weight is 289 g/mol. The number of nitrogens with one attached hydrogen (secondary N) is 1. The molecule has 0 aliphatic rings. The van der Waals surface area contributed by atoms with E-state index in [4.69, 9.17) is 5.84 Å². The average Bonchev–Trinajstić information content (AvgIpc) is 2.83. The van der Waals surface area contributed by atoms with Crippen LogP contribution < -0.4 is 11.3 Å². The van der Waals surface area contributed by atoms with E-state index in [1.807, 2.05) is 39.0 Å². The first-order valence-electron chi connectivity index (χ1n) is 6.47. The van der Waals surface area contributed by atoms with E-state index >= 15 is 0 Å². The zero-order valence-corrected chi connectivity index (χ0v) is 12.8. The monoisotopic (exact) mass is 289 g/mol. The third kappa shape index (κ3) is 3.23. The molecule has 0 saturated carbocycles. The Balaban J connectivity index is 2.37. The Morgan fingerprint density at radius 2 is 1.95 bits per heavy atom. The maximum absolute atomic E-state index is 11.9. The first kappa shape index (κ1) is 14.7. The van der Waals surface area contributed by atoms with Gasteiger partial charge in [0.1, 0.15) is 4.88 Å². The normalized spacial score (nSPS) is 11.4. The van der Waals surface area contributed by atoms with Gasteiger partial charge >= 0.3 is 0 Å². The van der Waals surface area contributed by atoms with Crippen LogP contribution in [0.2, 0.25) is 0 Å². The molecule has 5 heteroatoms. The van der Waals surface area contributed by atoms with Crippen LogP contribution in [-0.4, -0.2) is 10.9 Å². The molecule has 106 valence electrons. The molecule has 0 unspecified atom stereocenters. The molecule has 0 spiro atoms. The highest BCUT2D eigenvalue weighted by Crippen LogP contribution is 2.30. The number of rotatable bonds is 3. The maximum atomic E-state index is 11.9. The molecule has 0 saturated heterocycles. The molecular weight excluding hydrogens is 270 g/mol. The number of nitrogens with zero attached hydrogens (tertiary/aromatic N) is 1. The van der Waals surface area contributed by atoms with Crippen LogP contribution in [0.1, 0.15) is 46.7 Å². The molecule has 0 bridgehead atoms. The number of benzene rings is 1. The summed E-state index contributed by atoms with van der Waals surface area (Å²) in [5.41, 5.74) is 4.00. The van der Waals surface area contributed by atoms with Crippen molar-refractivity contribution in [3.05, 3.63) is 51.5 Å². The van der Waals surface area contributed by atoms with Crippen molar-refractivity contribution in [2.45, 2.75) is 32.6 Å². The van der Waals surface area contributed by atoms with Crippen LogP contribution in [0, 0.1) is 0 Å². The van der Waals surface area contributed by atoms with E-state index in [0.29, 0.717) is 4.88 Å². The van der Waals surface area contributed by atoms with Crippen LogP contribution in [0.4, 0.5) is 0 Å². The van der Waals surface area contributed by atoms with Gasteiger partial charge < -0.3 is 0 Å². The molecule has 4 nitrogen and oxygen atoms in total. The van der Waals surface area contributed by atoms with Gasteiger partial charge in [-0.2, -0.15) is 0 Å². The van der Waals surface area contributed by atoms with Crippen LogP contribution in [0.15, 0.2) is 30.3 Å². The summed E-state index contributed by atoms with van der Waals surface area (Å²) in [6, 6.07) is 10.1. The molecule has 2 aromatic rings. The van der Waals surface area contributed by atoms with Gasteiger partial charge in [-0.1, -0.05) is 51.1 Å². The molecule has 3 N–H and O–H groups in total. The number of carbonyl (C=O) groups excluding carboxylic acids is 1. The standard InChI is InChI=1S/C15H19N3OS/c1-15(2,3)13-12(14(19)18-16)20-11(17-13)9-10-7-5-4-6-8-10/h4-8H,9,16H2,1-3H3,(H,18,19). The highest BCUT2D eigenvalue weighted by Gasteiger charge is 2.26. The van der Waals surface area contributed by atoms with E-state index in [0.717, 1.165) is 17.1 Å². The number of thiazole rings is 1. The summed E-state index contributed by atoms with van der Waals surface area (Å²) < 4.78 is 0. The van der Waals surface area contributed by atoms with E-state index in [9.17, 15) is 4.79 Å². The van der Waals surface area contributed by atoms with Crippen molar-refractivity contribution in [3.8, 4) is 0 Å². The van der Waals surface area contributed by atoms with Crippen LogP contribution >= 0.6 is 11.3 Å². The van der Waals surface area contributed by atoms with Gasteiger partial charge in [0.15, 0.2) is 0 Å².